The third-order valence-electron chi connectivity index (χ3n) is 5.18. The first-order chi connectivity index (χ1) is 15.2. The van der Waals surface area contributed by atoms with E-state index in [2.05, 4.69) is 57.0 Å². The Hall–Kier alpha value is -3.20. The number of rotatable bonds is 8. The Labute approximate surface area is 182 Å². The van der Waals surface area contributed by atoms with Gasteiger partial charge in [0.2, 0.25) is 0 Å². The standard InChI is InChI=1S/C22H30N8O/c1-3-23-22(26-19-8-9-21-27-20(16-31-2)28-30(21)15-19)24-13-17-6-4-7-18(12-17)14-29-11-5-10-25-29/h4-7,10-12,19H,3,8-9,13-16H2,1-2H3,(H2,23,24,26). The van der Waals surface area contributed by atoms with Crippen LogP contribution in [0.2, 0.25) is 0 Å². The number of hydrogen-bond acceptors (Lipinski definition) is 5. The molecule has 3 heterocycles. The Morgan fingerprint density at radius 3 is 3.00 bits per heavy atom. The first kappa shape index (κ1) is 21.0. The highest BCUT2D eigenvalue weighted by Crippen LogP contribution is 2.14. The lowest BCUT2D eigenvalue weighted by molar-refractivity contribution is 0.177. The molecular weight excluding hydrogens is 392 g/mol. The predicted octanol–water partition coefficient (Wildman–Crippen LogP) is 1.74. The molecule has 1 aliphatic heterocycles. The summed E-state index contributed by atoms with van der Waals surface area (Å²) in [5.41, 5.74) is 2.39. The second kappa shape index (κ2) is 10.2. The topological polar surface area (TPSA) is 94.2 Å². The van der Waals surface area contributed by atoms with Gasteiger partial charge in [0, 0.05) is 38.5 Å². The van der Waals surface area contributed by atoms with Crippen molar-refractivity contribution in [3.05, 3.63) is 65.5 Å². The molecule has 9 heteroatoms. The average Bonchev–Trinajstić information content (AvgIpc) is 3.42. The molecule has 1 aromatic carbocycles. The normalized spacial score (nSPS) is 16.2. The molecule has 1 aliphatic rings. The van der Waals surface area contributed by atoms with Gasteiger partial charge in [-0.05, 0) is 30.5 Å². The van der Waals surface area contributed by atoms with E-state index in [0.29, 0.717) is 13.2 Å². The third-order valence-corrected chi connectivity index (χ3v) is 5.18. The monoisotopic (exact) mass is 422 g/mol. The number of aliphatic imine (C=N–C) groups is 1. The molecule has 1 unspecified atom stereocenters. The summed E-state index contributed by atoms with van der Waals surface area (Å²) >= 11 is 0. The van der Waals surface area contributed by atoms with Gasteiger partial charge in [-0.3, -0.25) is 4.68 Å². The SMILES string of the molecule is CCNC(=NCc1cccc(Cn2cccn2)c1)NC1CCc2nc(COC)nn2C1. The van der Waals surface area contributed by atoms with Gasteiger partial charge in [0.1, 0.15) is 12.4 Å². The van der Waals surface area contributed by atoms with Crippen LogP contribution in [0.25, 0.3) is 0 Å². The smallest absolute Gasteiger partial charge is 0.191 e. The van der Waals surface area contributed by atoms with Crippen molar-refractivity contribution >= 4 is 5.96 Å². The maximum Gasteiger partial charge on any atom is 0.191 e. The minimum atomic E-state index is 0.258. The summed E-state index contributed by atoms with van der Waals surface area (Å²) in [6.07, 6.45) is 5.66. The van der Waals surface area contributed by atoms with E-state index in [4.69, 9.17) is 9.73 Å². The number of aromatic nitrogens is 5. The van der Waals surface area contributed by atoms with Gasteiger partial charge in [-0.15, -0.1) is 0 Å². The Morgan fingerprint density at radius 2 is 2.19 bits per heavy atom. The summed E-state index contributed by atoms with van der Waals surface area (Å²) in [6.45, 7) is 5.48. The number of nitrogens with one attached hydrogen (secondary N) is 2. The molecule has 0 fully saturated rings. The van der Waals surface area contributed by atoms with E-state index in [-0.39, 0.29) is 6.04 Å². The number of nitrogens with zero attached hydrogens (tertiary/aromatic N) is 6. The fourth-order valence-corrected chi connectivity index (χ4v) is 3.76. The highest BCUT2D eigenvalue weighted by molar-refractivity contribution is 5.80. The lowest BCUT2D eigenvalue weighted by Gasteiger charge is -2.25. The van der Waals surface area contributed by atoms with Crippen LogP contribution in [-0.4, -0.2) is 50.2 Å². The van der Waals surface area contributed by atoms with E-state index < -0.39 is 0 Å². The molecule has 9 nitrogen and oxygen atoms in total. The van der Waals surface area contributed by atoms with Crippen LogP contribution < -0.4 is 10.6 Å². The fraction of sp³-hybridized carbons (Fsp3) is 0.455. The van der Waals surface area contributed by atoms with Gasteiger partial charge in [0.15, 0.2) is 11.8 Å². The highest BCUT2D eigenvalue weighted by atomic mass is 16.5. The van der Waals surface area contributed by atoms with Crippen LogP contribution in [0.1, 0.15) is 36.1 Å². The van der Waals surface area contributed by atoms with Crippen molar-refractivity contribution < 1.29 is 4.74 Å². The van der Waals surface area contributed by atoms with Crippen LogP contribution in [0.3, 0.4) is 0 Å². The van der Waals surface area contributed by atoms with Crippen LogP contribution in [0.15, 0.2) is 47.7 Å². The van der Waals surface area contributed by atoms with Crippen LogP contribution in [0.4, 0.5) is 0 Å². The van der Waals surface area contributed by atoms with Crippen molar-refractivity contribution in [3.8, 4) is 0 Å². The Morgan fingerprint density at radius 1 is 1.29 bits per heavy atom. The molecule has 0 spiro atoms. The summed E-state index contributed by atoms with van der Waals surface area (Å²) in [5, 5.41) is 15.8. The van der Waals surface area contributed by atoms with Gasteiger partial charge >= 0.3 is 0 Å². The quantitative estimate of drug-likeness (QED) is 0.424. The highest BCUT2D eigenvalue weighted by Gasteiger charge is 2.22. The number of methoxy groups -OCH3 is 1. The van der Waals surface area contributed by atoms with E-state index in [9.17, 15) is 0 Å². The number of benzene rings is 1. The van der Waals surface area contributed by atoms with Gasteiger partial charge < -0.3 is 15.4 Å². The minimum Gasteiger partial charge on any atom is -0.377 e. The molecule has 0 radical (unpaired) electrons. The van der Waals surface area contributed by atoms with Gasteiger partial charge in [0.05, 0.1) is 19.6 Å². The number of aryl methyl sites for hydroxylation is 1. The van der Waals surface area contributed by atoms with E-state index >= 15 is 0 Å². The Balaban J connectivity index is 1.38. The molecule has 1 atom stereocenters. The van der Waals surface area contributed by atoms with Crippen LogP contribution >= 0.6 is 0 Å². The first-order valence-electron chi connectivity index (χ1n) is 10.7. The van der Waals surface area contributed by atoms with Gasteiger partial charge in [-0.1, -0.05) is 24.3 Å². The van der Waals surface area contributed by atoms with Crippen LogP contribution in [0, 0.1) is 0 Å². The van der Waals surface area contributed by atoms with Gasteiger partial charge in [-0.2, -0.15) is 10.2 Å². The lowest BCUT2D eigenvalue weighted by Crippen LogP contribution is -2.47. The molecule has 164 valence electrons. The Bertz CT molecular complexity index is 995. The maximum atomic E-state index is 5.15. The average molecular weight is 423 g/mol. The summed E-state index contributed by atoms with van der Waals surface area (Å²) in [4.78, 5) is 9.36. The van der Waals surface area contributed by atoms with Crippen molar-refractivity contribution in [2.24, 2.45) is 4.99 Å². The van der Waals surface area contributed by atoms with Crippen molar-refractivity contribution in [1.82, 2.24) is 35.2 Å². The zero-order valence-corrected chi connectivity index (χ0v) is 18.2. The second-order valence-corrected chi connectivity index (χ2v) is 7.66. The second-order valence-electron chi connectivity index (χ2n) is 7.66. The zero-order chi connectivity index (χ0) is 21.5. The Kier molecular flexibility index (Phi) is 6.93. The largest absolute Gasteiger partial charge is 0.377 e. The van der Waals surface area contributed by atoms with Crippen molar-refractivity contribution in [1.29, 1.82) is 0 Å². The number of ether oxygens (including phenoxy) is 1. The number of fused-ring (bicyclic) bond motifs is 1. The van der Waals surface area contributed by atoms with Crippen LogP contribution in [-0.2, 0) is 37.4 Å². The van der Waals surface area contributed by atoms with E-state index in [0.717, 1.165) is 50.1 Å². The first-order valence-corrected chi connectivity index (χ1v) is 10.7. The third kappa shape index (κ3) is 5.69. The van der Waals surface area contributed by atoms with Gasteiger partial charge in [-0.25, -0.2) is 14.7 Å². The molecule has 0 saturated heterocycles. The number of hydrogen-bond donors (Lipinski definition) is 2. The van der Waals surface area contributed by atoms with Crippen LogP contribution in [0.5, 0.6) is 0 Å². The lowest BCUT2D eigenvalue weighted by atomic mass is 10.1. The number of guanidine groups is 1. The molecule has 4 rings (SSSR count). The van der Waals surface area contributed by atoms with Crippen molar-refractivity contribution in [3.63, 3.8) is 0 Å². The molecular formula is C22H30N8O. The molecule has 0 bridgehead atoms. The summed E-state index contributed by atoms with van der Waals surface area (Å²) in [7, 11) is 1.66. The summed E-state index contributed by atoms with van der Waals surface area (Å²) in [6, 6.07) is 10.7. The summed E-state index contributed by atoms with van der Waals surface area (Å²) in [5.74, 6) is 2.60. The summed E-state index contributed by atoms with van der Waals surface area (Å²) < 4.78 is 9.06. The zero-order valence-electron chi connectivity index (χ0n) is 18.2. The van der Waals surface area contributed by atoms with Crippen molar-refractivity contribution in [2.75, 3.05) is 13.7 Å². The van der Waals surface area contributed by atoms with Crippen molar-refractivity contribution in [2.45, 2.75) is 52.0 Å². The maximum absolute atomic E-state index is 5.15. The van der Waals surface area contributed by atoms with Gasteiger partial charge in [0.25, 0.3) is 0 Å². The molecule has 0 aliphatic carbocycles. The molecule has 2 N–H and O–H groups in total. The predicted molar refractivity (Wildman–Crippen MR) is 119 cm³/mol. The minimum absolute atomic E-state index is 0.258. The molecule has 31 heavy (non-hydrogen) atoms. The van der Waals surface area contributed by atoms with E-state index in [1.165, 1.54) is 11.1 Å². The molecule has 0 amide bonds. The fourth-order valence-electron chi connectivity index (χ4n) is 3.76. The van der Waals surface area contributed by atoms with E-state index in [1.54, 1.807) is 13.3 Å². The molecule has 2 aromatic heterocycles. The molecule has 0 saturated carbocycles. The molecule has 3 aromatic rings. The van der Waals surface area contributed by atoms with E-state index in [1.807, 2.05) is 21.6 Å².